The van der Waals surface area contributed by atoms with Crippen LogP contribution in [-0.4, -0.2) is 18.1 Å². The van der Waals surface area contributed by atoms with Crippen molar-refractivity contribution in [3.8, 4) is 0 Å². The number of hydrogen-bond acceptors (Lipinski definition) is 2. The van der Waals surface area contributed by atoms with Crippen LogP contribution in [0.15, 0.2) is 54.6 Å². The molecule has 0 atom stereocenters. The molecule has 0 heterocycles. The average Bonchev–Trinajstić information content (AvgIpc) is 2.52. The van der Waals surface area contributed by atoms with Gasteiger partial charge >= 0.3 is 5.97 Å². The zero-order valence-corrected chi connectivity index (χ0v) is 12.3. The number of aliphatic carboxylic acids is 1. The molecule has 21 heavy (non-hydrogen) atoms. The Hall–Kier alpha value is -2.55. The molecule has 0 amide bonds. The molecule has 2 aromatic carbocycles. The summed E-state index contributed by atoms with van der Waals surface area (Å²) in [5.74, 6) is -0.945. The molecule has 0 aliphatic heterocycles. The van der Waals surface area contributed by atoms with Crippen LogP contribution in [0.3, 0.4) is 0 Å². The summed E-state index contributed by atoms with van der Waals surface area (Å²) in [7, 11) is 1.98. The van der Waals surface area contributed by atoms with Gasteiger partial charge in [0, 0.05) is 24.5 Å². The third kappa shape index (κ3) is 3.72. The topological polar surface area (TPSA) is 40.5 Å². The predicted octanol–water partition coefficient (Wildman–Crippen LogP) is 4.11. The monoisotopic (exact) mass is 281 g/mol. The summed E-state index contributed by atoms with van der Waals surface area (Å²) in [5.41, 5.74) is 4.22. The average molecular weight is 281 g/mol. The molecule has 0 bridgehead atoms. The van der Waals surface area contributed by atoms with Gasteiger partial charge in [-0.1, -0.05) is 37.3 Å². The molecular weight excluding hydrogens is 262 g/mol. The SMILES string of the molecule is CCc1ccc(N(C)c2ccccc2C=CC(=O)O)cc1. The lowest BCUT2D eigenvalue weighted by Gasteiger charge is -2.22. The lowest BCUT2D eigenvalue weighted by molar-refractivity contribution is -0.131. The Balaban J connectivity index is 2.33. The molecule has 0 radical (unpaired) electrons. The van der Waals surface area contributed by atoms with Crippen molar-refractivity contribution >= 4 is 23.4 Å². The maximum absolute atomic E-state index is 10.7. The number of carboxylic acid groups (broad SMARTS) is 1. The summed E-state index contributed by atoms with van der Waals surface area (Å²) in [6, 6.07) is 16.1. The highest BCUT2D eigenvalue weighted by molar-refractivity contribution is 5.87. The highest BCUT2D eigenvalue weighted by Gasteiger charge is 2.07. The van der Waals surface area contributed by atoms with Crippen molar-refractivity contribution in [2.45, 2.75) is 13.3 Å². The molecule has 2 rings (SSSR count). The van der Waals surface area contributed by atoms with Crippen molar-refractivity contribution < 1.29 is 9.90 Å². The summed E-state index contributed by atoms with van der Waals surface area (Å²) in [6.45, 7) is 2.13. The van der Waals surface area contributed by atoms with Crippen molar-refractivity contribution in [1.29, 1.82) is 0 Å². The third-order valence-corrected chi connectivity index (χ3v) is 3.44. The first-order valence-corrected chi connectivity index (χ1v) is 6.94. The van der Waals surface area contributed by atoms with Crippen LogP contribution in [0.25, 0.3) is 6.08 Å². The fourth-order valence-corrected chi connectivity index (χ4v) is 2.19. The summed E-state index contributed by atoms with van der Waals surface area (Å²) in [5, 5.41) is 8.78. The van der Waals surface area contributed by atoms with Crippen molar-refractivity contribution in [1.82, 2.24) is 0 Å². The lowest BCUT2D eigenvalue weighted by atomic mass is 10.1. The Morgan fingerprint density at radius 3 is 2.43 bits per heavy atom. The van der Waals surface area contributed by atoms with Gasteiger partial charge < -0.3 is 10.0 Å². The molecule has 0 aliphatic carbocycles. The molecular formula is C18H19NO2. The van der Waals surface area contributed by atoms with E-state index in [1.165, 1.54) is 5.56 Å². The van der Waals surface area contributed by atoms with Crippen LogP contribution in [0.5, 0.6) is 0 Å². The molecule has 0 unspecified atom stereocenters. The van der Waals surface area contributed by atoms with E-state index in [4.69, 9.17) is 5.11 Å². The van der Waals surface area contributed by atoms with Gasteiger partial charge in [-0.05, 0) is 41.8 Å². The van der Waals surface area contributed by atoms with Crippen LogP contribution < -0.4 is 4.90 Å². The van der Waals surface area contributed by atoms with Crippen molar-refractivity contribution in [3.63, 3.8) is 0 Å². The Morgan fingerprint density at radius 1 is 1.14 bits per heavy atom. The zero-order valence-electron chi connectivity index (χ0n) is 12.3. The standard InChI is InChI=1S/C18H19NO2/c1-3-14-8-11-16(12-9-14)19(2)17-7-5-4-6-15(17)10-13-18(20)21/h4-13H,3H2,1-2H3,(H,20,21). The Bertz CT molecular complexity index is 645. The number of benzene rings is 2. The number of nitrogens with zero attached hydrogens (tertiary/aromatic N) is 1. The van der Waals surface area contributed by atoms with Gasteiger partial charge in [0.05, 0.1) is 0 Å². The highest BCUT2D eigenvalue weighted by Crippen LogP contribution is 2.28. The zero-order chi connectivity index (χ0) is 15.2. The van der Waals surface area contributed by atoms with E-state index in [2.05, 4.69) is 36.1 Å². The van der Waals surface area contributed by atoms with Gasteiger partial charge in [-0.3, -0.25) is 0 Å². The summed E-state index contributed by atoms with van der Waals surface area (Å²) >= 11 is 0. The van der Waals surface area contributed by atoms with Crippen molar-refractivity contribution in [3.05, 3.63) is 65.7 Å². The molecule has 0 saturated carbocycles. The first-order chi connectivity index (χ1) is 10.1. The molecule has 3 nitrogen and oxygen atoms in total. The lowest BCUT2D eigenvalue weighted by Crippen LogP contribution is -2.10. The van der Waals surface area contributed by atoms with Crippen LogP contribution in [0, 0.1) is 0 Å². The number of aryl methyl sites for hydroxylation is 1. The van der Waals surface area contributed by atoms with Crippen LogP contribution in [0.1, 0.15) is 18.1 Å². The molecule has 0 aromatic heterocycles. The minimum absolute atomic E-state index is 0.877. The highest BCUT2D eigenvalue weighted by atomic mass is 16.4. The number of rotatable bonds is 5. The smallest absolute Gasteiger partial charge is 0.328 e. The second-order valence-electron chi connectivity index (χ2n) is 4.81. The summed E-state index contributed by atoms with van der Waals surface area (Å²) < 4.78 is 0. The van der Waals surface area contributed by atoms with E-state index in [0.29, 0.717) is 0 Å². The number of anilines is 2. The summed E-state index contributed by atoms with van der Waals surface area (Å²) in [6.07, 6.45) is 3.80. The second-order valence-corrected chi connectivity index (χ2v) is 4.81. The van der Waals surface area contributed by atoms with Crippen molar-refractivity contribution in [2.75, 3.05) is 11.9 Å². The molecule has 3 heteroatoms. The minimum Gasteiger partial charge on any atom is -0.478 e. The number of carboxylic acids is 1. The van der Waals surface area contributed by atoms with E-state index < -0.39 is 5.97 Å². The quantitative estimate of drug-likeness (QED) is 0.838. The Kier molecular flexibility index (Phi) is 4.77. The molecule has 1 N–H and O–H groups in total. The van der Waals surface area contributed by atoms with Crippen LogP contribution in [0.2, 0.25) is 0 Å². The molecule has 2 aromatic rings. The van der Waals surface area contributed by atoms with Gasteiger partial charge in [-0.25, -0.2) is 4.79 Å². The van der Waals surface area contributed by atoms with Crippen LogP contribution >= 0.6 is 0 Å². The molecule has 0 aliphatic rings. The summed E-state index contributed by atoms with van der Waals surface area (Å²) in [4.78, 5) is 12.8. The van der Waals surface area contributed by atoms with Gasteiger partial charge in [0.25, 0.3) is 0 Å². The molecule has 0 saturated heterocycles. The Morgan fingerprint density at radius 2 is 1.81 bits per heavy atom. The van der Waals surface area contributed by atoms with Gasteiger partial charge in [0.1, 0.15) is 0 Å². The Labute approximate surface area is 125 Å². The number of para-hydroxylation sites is 1. The van der Waals surface area contributed by atoms with Gasteiger partial charge in [0.15, 0.2) is 0 Å². The second kappa shape index (κ2) is 6.75. The largest absolute Gasteiger partial charge is 0.478 e. The fourth-order valence-electron chi connectivity index (χ4n) is 2.19. The molecule has 108 valence electrons. The molecule has 0 fully saturated rings. The van der Waals surface area contributed by atoms with Gasteiger partial charge in [-0.2, -0.15) is 0 Å². The van der Waals surface area contributed by atoms with Crippen molar-refractivity contribution in [2.24, 2.45) is 0 Å². The normalized spacial score (nSPS) is 10.8. The molecule has 0 spiro atoms. The number of hydrogen-bond donors (Lipinski definition) is 1. The predicted molar refractivity (Wildman–Crippen MR) is 87.0 cm³/mol. The minimum atomic E-state index is -0.945. The van der Waals surface area contributed by atoms with E-state index in [1.54, 1.807) is 6.08 Å². The third-order valence-electron chi connectivity index (χ3n) is 3.44. The van der Waals surface area contributed by atoms with E-state index in [1.807, 2.05) is 31.3 Å². The van der Waals surface area contributed by atoms with Gasteiger partial charge in [-0.15, -0.1) is 0 Å². The maximum Gasteiger partial charge on any atom is 0.328 e. The fraction of sp³-hybridized carbons (Fsp3) is 0.167. The van der Waals surface area contributed by atoms with E-state index in [0.717, 1.165) is 29.4 Å². The first-order valence-electron chi connectivity index (χ1n) is 6.94. The van der Waals surface area contributed by atoms with Gasteiger partial charge in [0.2, 0.25) is 0 Å². The maximum atomic E-state index is 10.7. The van der Waals surface area contributed by atoms with E-state index in [9.17, 15) is 4.79 Å². The number of carbonyl (C=O) groups is 1. The van der Waals surface area contributed by atoms with Crippen LogP contribution in [0.4, 0.5) is 11.4 Å². The van der Waals surface area contributed by atoms with E-state index >= 15 is 0 Å². The first kappa shape index (κ1) is 14.9. The van der Waals surface area contributed by atoms with E-state index in [-0.39, 0.29) is 0 Å². The van der Waals surface area contributed by atoms with Crippen LogP contribution in [-0.2, 0) is 11.2 Å².